The number of rotatable bonds is 2. The molecule has 0 spiro atoms. The number of halogens is 3. The maximum atomic E-state index is 12.3. The maximum Gasteiger partial charge on any atom is 0.255 e. The summed E-state index contributed by atoms with van der Waals surface area (Å²) in [7, 11) is 0. The van der Waals surface area contributed by atoms with Gasteiger partial charge in [-0.25, -0.2) is 0 Å². The molecule has 2 aromatic carbocycles. The summed E-state index contributed by atoms with van der Waals surface area (Å²) in [5.74, 6) is -0.238. The highest BCUT2D eigenvalue weighted by Crippen LogP contribution is 2.34. The fourth-order valence-electron chi connectivity index (χ4n) is 2.28. The number of nitrogens with one attached hydrogen (secondary N) is 2. The molecule has 1 aliphatic rings. The molecule has 108 valence electrons. The van der Waals surface area contributed by atoms with Gasteiger partial charge in [-0.05, 0) is 36.2 Å². The lowest BCUT2D eigenvalue weighted by Crippen LogP contribution is -2.13. The fraction of sp³-hybridized carbons (Fsp3) is 0.133. The molecule has 2 aromatic rings. The zero-order valence-corrected chi connectivity index (χ0v) is 13.9. The van der Waals surface area contributed by atoms with E-state index in [2.05, 4.69) is 26.6 Å². The standard InChI is InChI=1S/C15H11BrCl2N2O/c16-10-6-11(17)14(12(18)7-10)20-15(21)9-2-1-8-3-4-19-13(8)5-9/h1-2,5-7,19H,3-4H2,(H,20,21). The van der Waals surface area contributed by atoms with Crippen LogP contribution in [0, 0.1) is 0 Å². The Bertz CT molecular complexity index is 711. The number of hydrogen-bond acceptors (Lipinski definition) is 2. The minimum Gasteiger partial charge on any atom is -0.384 e. The molecular weight excluding hydrogens is 375 g/mol. The molecule has 0 aliphatic carbocycles. The van der Waals surface area contributed by atoms with E-state index in [1.54, 1.807) is 12.1 Å². The van der Waals surface area contributed by atoms with Gasteiger partial charge in [0.05, 0.1) is 15.7 Å². The molecule has 0 atom stereocenters. The summed E-state index contributed by atoms with van der Waals surface area (Å²) in [6, 6.07) is 9.00. The number of benzene rings is 2. The van der Waals surface area contributed by atoms with Crippen molar-refractivity contribution in [1.82, 2.24) is 0 Å². The van der Waals surface area contributed by atoms with Gasteiger partial charge in [0.25, 0.3) is 5.91 Å². The number of hydrogen-bond donors (Lipinski definition) is 2. The fourth-order valence-corrected chi connectivity index (χ4v) is 3.58. The molecule has 0 saturated heterocycles. The third-order valence-corrected chi connectivity index (χ3v) is 4.38. The predicted molar refractivity (Wildman–Crippen MR) is 90.8 cm³/mol. The van der Waals surface area contributed by atoms with Gasteiger partial charge in [-0.15, -0.1) is 0 Å². The highest BCUT2D eigenvalue weighted by molar-refractivity contribution is 9.10. The van der Waals surface area contributed by atoms with E-state index >= 15 is 0 Å². The monoisotopic (exact) mass is 384 g/mol. The van der Waals surface area contributed by atoms with Gasteiger partial charge >= 0.3 is 0 Å². The van der Waals surface area contributed by atoms with Gasteiger partial charge in [-0.1, -0.05) is 45.2 Å². The van der Waals surface area contributed by atoms with Gasteiger partial charge < -0.3 is 10.6 Å². The summed E-state index contributed by atoms with van der Waals surface area (Å²) >= 11 is 15.5. The van der Waals surface area contributed by atoms with Crippen LogP contribution in [-0.2, 0) is 6.42 Å². The molecule has 3 nitrogen and oxygen atoms in total. The van der Waals surface area contributed by atoms with Gasteiger partial charge in [-0.3, -0.25) is 4.79 Å². The topological polar surface area (TPSA) is 41.1 Å². The first-order valence-corrected chi connectivity index (χ1v) is 7.92. The second-order valence-corrected chi connectivity index (χ2v) is 6.48. The van der Waals surface area contributed by atoms with Crippen molar-refractivity contribution in [3.05, 3.63) is 56.0 Å². The van der Waals surface area contributed by atoms with Crippen LogP contribution in [0.25, 0.3) is 0 Å². The lowest BCUT2D eigenvalue weighted by molar-refractivity contribution is 0.102. The van der Waals surface area contributed by atoms with Crippen LogP contribution in [0.15, 0.2) is 34.8 Å². The first kappa shape index (κ1) is 14.7. The van der Waals surface area contributed by atoms with E-state index in [4.69, 9.17) is 23.2 Å². The molecule has 21 heavy (non-hydrogen) atoms. The van der Waals surface area contributed by atoms with Gasteiger partial charge in [0.15, 0.2) is 0 Å². The van der Waals surface area contributed by atoms with Gasteiger partial charge in [0.1, 0.15) is 0 Å². The predicted octanol–water partition coefficient (Wildman–Crippen LogP) is 4.98. The SMILES string of the molecule is O=C(Nc1c(Cl)cc(Br)cc1Cl)c1ccc2c(c1)NCC2. The molecule has 1 aliphatic heterocycles. The van der Waals surface area contributed by atoms with Crippen LogP contribution in [0.4, 0.5) is 11.4 Å². The second kappa shape index (κ2) is 5.87. The van der Waals surface area contributed by atoms with Gasteiger partial charge in [0, 0.05) is 22.3 Å². The second-order valence-electron chi connectivity index (χ2n) is 4.75. The Morgan fingerprint density at radius 2 is 1.90 bits per heavy atom. The zero-order chi connectivity index (χ0) is 15.0. The summed E-state index contributed by atoms with van der Waals surface area (Å²) in [6.45, 7) is 0.908. The Balaban J connectivity index is 1.87. The van der Waals surface area contributed by atoms with E-state index in [9.17, 15) is 4.79 Å². The summed E-state index contributed by atoms with van der Waals surface area (Å²) < 4.78 is 0.761. The molecule has 6 heteroatoms. The average molecular weight is 386 g/mol. The maximum absolute atomic E-state index is 12.3. The average Bonchev–Trinajstić information content (AvgIpc) is 2.89. The quantitative estimate of drug-likeness (QED) is 0.765. The molecule has 0 fully saturated rings. The molecule has 3 rings (SSSR count). The van der Waals surface area contributed by atoms with Crippen molar-refractivity contribution >= 4 is 56.4 Å². The Morgan fingerprint density at radius 3 is 2.62 bits per heavy atom. The minimum absolute atomic E-state index is 0.238. The van der Waals surface area contributed by atoms with E-state index in [1.165, 1.54) is 5.56 Å². The Kier molecular flexibility index (Phi) is 4.11. The third kappa shape index (κ3) is 3.03. The number of carbonyl (C=O) groups is 1. The van der Waals surface area contributed by atoms with Crippen LogP contribution < -0.4 is 10.6 Å². The van der Waals surface area contributed by atoms with Crippen molar-refractivity contribution in [2.24, 2.45) is 0 Å². The number of anilines is 2. The molecule has 1 heterocycles. The number of carbonyl (C=O) groups excluding carboxylic acids is 1. The highest BCUT2D eigenvalue weighted by atomic mass is 79.9. The summed E-state index contributed by atoms with van der Waals surface area (Å²) in [4.78, 5) is 12.3. The van der Waals surface area contributed by atoms with E-state index in [-0.39, 0.29) is 5.91 Å². The largest absolute Gasteiger partial charge is 0.384 e. The summed E-state index contributed by atoms with van der Waals surface area (Å²) in [5, 5.41) is 6.79. The molecule has 0 saturated carbocycles. The Labute approximate surface area is 140 Å². The van der Waals surface area contributed by atoms with Crippen molar-refractivity contribution in [1.29, 1.82) is 0 Å². The molecule has 0 unspecified atom stereocenters. The van der Waals surface area contributed by atoms with Crippen LogP contribution in [0.3, 0.4) is 0 Å². The third-order valence-electron chi connectivity index (χ3n) is 3.33. The van der Waals surface area contributed by atoms with Crippen molar-refractivity contribution in [3.63, 3.8) is 0 Å². The van der Waals surface area contributed by atoms with Crippen LogP contribution in [0.2, 0.25) is 10.0 Å². The molecule has 1 amide bonds. The lowest BCUT2D eigenvalue weighted by atomic mass is 10.1. The Morgan fingerprint density at radius 1 is 1.19 bits per heavy atom. The molecule has 2 N–H and O–H groups in total. The summed E-state index contributed by atoms with van der Waals surface area (Å²) in [5.41, 5.74) is 3.22. The lowest BCUT2D eigenvalue weighted by Gasteiger charge is -2.11. The highest BCUT2D eigenvalue weighted by Gasteiger charge is 2.16. The van der Waals surface area contributed by atoms with E-state index in [0.717, 1.165) is 23.1 Å². The van der Waals surface area contributed by atoms with E-state index in [1.807, 2.05) is 18.2 Å². The van der Waals surface area contributed by atoms with E-state index < -0.39 is 0 Å². The van der Waals surface area contributed by atoms with Gasteiger partial charge in [-0.2, -0.15) is 0 Å². The van der Waals surface area contributed by atoms with Crippen LogP contribution >= 0.6 is 39.1 Å². The van der Waals surface area contributed by atoms with E-state index in [0.29, 0.717) is 21.3 Å². The molecule has 0 bridgehead atoms. The minimum atomic E-state index is -0.238. The smallest absolute Gasteiger partial charge is 0.255 e. The van der Waals surface area contributed by atoms with Gasteiger partial charge in [0.2, 0.25) is 0 Å². The normalized spacial score (nSPS) is 12.7. The van der Waals surface area contributed by atoms with Crippen molar-refractivity contribution in [2.45, 2.75) is 6.42 Å². The molecule has 0 aromatic heterocycles. The van der Waals surface area contributed by atoms with Crippen molar-refractivity contribution < 1.29 is 4.79 Å². The van der Waals surface area contributed by atoms with Crippen LogP contribution in [-0.4, -0.2) is 12.5 Å². The number of amides is 1. The van der Waals surface area contributed by atoms with Crippen molar-refractivity contribution in [2.75, 3.05) is 17.2 Å². The first-order chi connectivity index (χ1) is 10.0. The molecular formula is C15H11BrCl2N2O. The summed E-state index contributed by atoms with van der Waals surface area (Å²) in [6.07, 6.45) is 0.988. The van der Waals surface area contributed by atoms with Crippen LogP contribution in [0.5, 0.6) is 0 Å². The first-order valence-electron chi connectivity index (χ1n) is 6.37. The van der Waals surface area contributed by atoms with Crippen molar-refractivity contribution in [3.8, 4) is 0 Å². The zero-order valence-electron chi connectivity index (χ0n) is 10.8. The number of fused-ring (bicyclic) bond motifs is 1. The Hall–Kier alpha value is -1.23. The molecule has 0 radical (unpaired) electrons. The van der Waals surface area contributed by atoms with Crippen LogP contribution in [0.1, 0.15) is 15.9 Å².